The molecule has 0 atom stereocenters. The quantitative estimate of drug-likeness (QED) is 0.795. The topological polar surface area (TPSA) is 94.1 Å². The number of benzene rings is 1. The van der Waals surface area contributed by atoms with E-state index in [9.17, 15) is 4.79 Å². The summed E-state index contributed by atoms with van der Waals surface area (Å²) in [5, 5.41) is 10.8. The van der Waals surface area contributed by atoms with E-state index >= 15 is 0 Å². The van der Waals surface area contributed by atoms with Gasteiger partial charge in [-0.2, -0.15) is 4.98 Å². The second kappa shape index (κ2) is 5.98. The number of amides is 1. The van der Waals surface area contributed by atoms with Crippen molar-refractivity contribution in [3.8, 4) is 11.3 Å². The van der Waals surface area contributed by atoms with Gasteiger partial charge < -0.3 is 9.05 Å². The first-order valence-corrected chi connectivity index (χ1v) is 6.79. The lowest BCUT2D eigenvalue weighted by Gasteiger charge is -1.96. The number of nitrogens with zero attached hydrogens (tertiary/aromatic N) is 3. The monoisotopic (exact) mass is 318 g/mol. The molecule has 1 N–H and O–H groups in total. The van der Waals surface area contributed by atoms with Crippen LogP contribution in [-0.4, -0.2) is 21.2 Å². The van der Waals surface area contributed by atoms with Crippen LogP contribution in [0.1, 0.15) is 11.7 Å². The molecule has 22 heavy (non-hydrogen) atoms. The lowest BCUT2D eigenvalue weighted by atomic mass is 10.1. The molecular weight excluding hydrogens is 308 g/mol. The number of halogens is 1. The first kappa shape index (κ1) is 14.3. The van der Waals surface area contributed by atoms with E-state index in [0.717, 1.165) is 5.56 Å². The summed E-state index contributed by atoms with van der Waals surface area (Å²) in [4.78, 5) is 15.8. The van der Waals surface area contributed by atoms with Crippen LogP contribution in [0.25, 0.3) is 11.3 Å². The van der Waals surface area contributed by atoms with Gasteiger partial charge in [-0.3, -0.25) is 10.1 Å². The van der Waals surface area contributed by atoms with E-state index in [1.54, 1.807) is 25.1 Å². The Balaban J connectivity index is 1.66. The Labute approximate surface area is 130 Å². The molecule has 1 amide bonds. The number of carbonyl (C=O) groups is 1. The van der Waals surface area contributed by atoms with Crippen LogP contribution in [0.15, 0.2) is 39.4 Å². The molecule has 0 aliphatic heterocycles. The van der Waals surface area contributed by atoms with Gasteiger partial charge in [0.05, 0.1) is 6.42 Å². The predicted molar refractivity (Wildman–Crippen MR) is 78.3 cm³/mol. The second-order valence-corrected chi connectivity index (χ2v) is 4.97. The average Bonchev–Trinajstić information content (AvgIpc) is 3.09. The van der Waals surface area contributed by atoms with Crippen LogP contribution in [0.4, 0.5) is 5.88 Å². The normalized spacial score (nSPS) is 10.6. The van der Waals surface area contributed by atoms with E-state index in [4.69, 9.17) is 20.6 Å². The summed E-state index contributed by atoms with van der Waals surface area (Å²) in [5.74, 6) is 0.648. The SMILES string of the molecule is Cc1nc(CC(=O)Nc2cc(-c3ccc(Cl)cc3)no2)no1. The van der Waals surface area contributed by atoms with Crippen molar-refractivity contribution < 1.29 is 13.8 Å². The zero-order valence-electron chi connectivity index (χ0n) is 11.5. The maximum atomic E-state index is 11.8. The highest BCUT2D eigenvalue weighted by Crippen LogP contribution is 2.23. The smallest absolute Gasteiger partial charge is 0.234 e. The first-order valence-electron chi connectivity index (χ1n) is 6.42. The molecule has 8 heteroatoms. The molecule has 2 aromatic heterocycles. The van der Waals surface area contributed by atoms with Gasteiger partial charge in [0.15, 0.2) is 5.82 Å². The number of rotatable bonds is 4. The van der Waals surface area contributed by atoms with E-state index in [2.05, 4.69) is 20.6 Å². The van der Waals surface area contributed by atoms with Gasteiger partial charge in [-0.25, -0.2) is 0 Å². The summed E-state index contributed by atoms with van der Waals surface area (Å²) in [5.41, 5.74) is 1.44. The number of nitrogens with one attached hydrogen (secondary N) is 1. The third kappa shape index (κ3) is 3.32. The highest BCUT2D eigenvalue weighted by molar-refractivity contribution is 6.30. The summed E-state index contributed by atoms with van der Waals surface area (Å²) < 4.78 is 9.88. The number of aryl methyl sites for hydroxylation is 1. The molecule has 0 fully saturated rings. The van der Waals surface area contributed by atoms with Crippen molar-refractivity contribution in [3.05, 3.63) is 47.1 Å². The van der Waals surface area contributed by atoms with Crippen molar-refractivity contribution >= 4 is 23.4 Å². The number of carbonyl (C=O) groups excluding carboxylic acids is 1. The fourth-order valence-electron chi connectivity index (χ4n) is 1.83. The van der Waals surface area contributed by atoms with Crippen LogP contribution in [-0.2, 0) is 11.2 Å². The Morgan fingerprint density at radius 3 is 2.68 bits per heavy atom. The predicted octanol–water partition coefficient (Wildman–Crippen LogP) is 2.87. The Bertz CT molecular complexity index is 795. The Kier molecular flexibility index (Phi) is 3.88. The van der Waals surface area contributed by atoms with Gasteiger partial charge in [0.2, 0.25) is 17.7 Å². The summed E-state index contributed by atoms with van der Waals surface area (Å²) in [7, 11) is 0. The van der Waals surface area contributed by atoms with Gasteiger partial charge in [-0.15, -0.1) is 0 Å². The second-order valence-electron chi connectivity index (χ2n) is 4.54. The molecule has 3 aromatic rings. The van der Waals surface area contributed by atoms with Gasteiger partial charge in [0.1, 0.15) is 5.69 Å². The van der Waals surface area contributed by atoms with E-state index in [1.165, 1.54) is 0 Å². The lowest BCUT2D eigenvalue weighted by Crippen LogP contribution is -2.14. The van der Waals surface area contributed by atoms with Crippen molar-refractivity contribution in [1.82, 2.24) is 15.3 Å². The van der Waals surface area contributed by atoms with Crippen LogP contribution >= 0.6 is 11.6 Å². The van der Waals surface area contributed by atoms with Crippen LogP contribution in [0.5, 0.6) is 0 Å². The van der Waals surface area contributed by atoms with Gasteiger partial charge in [0, 0.05) is 23.6 Å². The van der Waals surface area contributed by atoms with E-state index < -0.39 is 0 Å². The molecule has 7 nitrogen and oxygen atoms in total. The van der Waals surface area contributed by atoms with E-state index in [-0.39, 0.29) is 18.2 Å². The number of anilines is 1. The minimum absolute atomic E-state index is 0.00564. The minimum atomic E-state index is -0.320. The third-order valence-electron chi connectivity index (χ3n) is 2.80. The summed E-state index contributed by atoms with van der Waals surface area (Å²) in [6.45, 7) is 1.66. The van der Waals surface area contributed by atoms with Crippen LogP contribution < -0.4 is 5.32 Å². The minimum Gasteiger partial charge on any atom is -0.340 e. The summed E-state index contributed by atoms with van der Waals surface area (Å²) >= 11 is 5.83. The van der Waals surface area contributed by atoms with Gasteiger partial charge >= 0.3 is 0 Å². The lowest BCUT2D eigenvalue weighted by molar-refractivity contribution is -0.115. The standard InChI is InChI=1S/C14H11ClN4O3/c1-8-16-12(19-21-8)7-13(20)17-14-6-11(18-22-14)9-2-4-10(15)5-3-9/h2-6H,7H2,1H3,(H,17,20). The number of hydrogen-bond donors (Lipinski definition) is 1. The number of hydrogen-bond acceptors (Lipinski definition) is 6. The van der Waals surface area contributed by atoms with Crippen molar-refractivity contribution in [2.45, 2.75) is 13.3 Å². The molecule has 0 aliphatic rings. The Hall–Kier alpha value is -2.67. The zero-order chi connectivity index (χ0) is 15.5. The highest BCUT2D eigenvalue weighted by atomic mass is 35.5. The molecule has 2 heterocycles. The van der Waals surface area contributed by atoms with Crippen LogP contribution in [0, 0.1) is 6.92 Å². The fraction of sp³-hybridized carbons (Fsp3) is 0.143. The molecule has 0 bridgehead atoms. The maximum Gasteiger partial charge on any atom is 0.234 e. The fourth-order valence-corrected chi connectivity index (χ4v) is 1.96. The molecule has 112 valence electrons. The molecule has 1 aromatic carbocycles. The largest absolute Gasteiger partial charge is 0.340 e. The molecular formula is C14H11ClN4O3. The molecule has 0 saturated heterocycles. The molecule has 0 unspecified atom stereocenters. The van der Waals surface area contributed by atoms with E-state index in [0.29, 0.717) is 22.4 Å². The average molecular weight is 319 g/mol. The van der Waals surface area contributed by atoms with Crippen LogP contribution in [0.2, 0.25) is 5.02 Å². The molecule has 0 aliphatic carbocycles. The summed E-state index contributed by atoms with van der Waals surface area (Å²) in [6.07, 6.45) is -0.00564. The Morgan fingerprint density at radius 1 is 1.23 bits per heavy atom. The number of aromatic nitrogens is 3. The maximum absolute atomic E-state index is 11.8. The van der Waals surface area contributed by atoms with Gasteiger partial charge in [-0.05, 0) is 12.1 Å². The summed E-state index contributed by atoms with van der Waals surface area (Å²) in [6, 6.07) is 8.76. The van der Waals surface area contributed by atoms with E-state index in [1.807, 2.05) is 12.1 Å². The van der Waals surface area contributed by atoms with Gasteiger partial charge in [0.25, 0.3) is 0 Å². The highest BCUT2D eigenvalue weighted by Gasteiger charge is 2.13. The van der Waals surface area contributed by atoms with Gasteiger partial charge in [-0.1, -0.05) is 34.0 Å². The molecule has 0 radical (unpaired) electrons. The third-order valence-corrected chi connectivity index (χ3v) is 3.05. The molecule has 0 saturated carbocycles. The first-order chi connectivity index (χ1) is 10.6. The Morgan fingerprint density at radius 2 is 2.00 bits per heavy atom. The van der Waals surface area contributed by atoms with Crippen molar-refractivity contribution in [2.24, 2.45) is 0 Å². The van der Waals surface area contributed by atoms with Crippen molar-refractivity contribution in [3.63, 3.8) is 0 Å². The zero-order valence-corrected chi connectivity index (χ0v) is 12.3. The molecule has 0 spiro atoms. The van der Waals surface area contributed by atoms with Crippen molar-refractivity contribution in [1.29, 1.82) is 0 Å². The molecule has 3 rings (SSSR count). The van der Waals surface area contributed by atoms with Crippen LogP contribution in [0.3, 0.4) is 0 Å². The van der Waals surface area contributed by atoms with Crippen molar-refractivity contribution in [2.75, 3.05) is 5.32 Å².